The van der Waals surface area contributed by atoms with Crippen LogP contribution in [0.15, 0.2) is 24.3 Å². The summed E-state index contributed by atoms with van der Waals surface area (Å²) < 4.78 is 0. The van der Waals surface area contributed by atoms with Crippen LogP contribution in [0.2, 0.25) is 0 Å². The van der Waals surface area contributed by atoms with Crippen LogP contribution in [0, 0.1) is 0 Å². The van der Waals surface area contributed by atoms with Crippen LogP contribution in [0.3, 0.4) is 0 Å². The quantitative estimate of drug-likeness (QED) is 0.416. The van der Waals surface area contributed by atoms with Crippen molar-refractivity contribution >= 4 is 5.78 Å². The van der Waals surface area contributed by atoms with Gasteiger partial charge in [-0.2, -0.15) is 0 Å². The van der Waals surface area contributed by atoms with Gasteiger partial charge in [-0.1, -0.05) is 19.6 Å². The molecule has 0 aliphatic heterocycles. The van der Waals surface area contributed by atoms with Crippen LogP contribution in [0.1, 0.15) is 20.3 Å². The van der Waals surface area contributed by atoms with E-state index < -0.39 is 0 Å². The zero-order valence-corrected chi connectivity index (χ0v) is 5.98. The molecule has 0 radical (unpaired) electrons. The van der Waals surface area contributed by atoms with E-state index in [0.717, 1.165) is 5.57 Å². The van der Waals surface area contributed by atoms with Crippen molar-refractivity contribution in [2.75, 3.05) is 0 Å². The Bertz CT molecular complexity index is 143. The van der Waals surface area contributed by atoms with Crippen molar-refractivity contribution in [3.63, 3.8) is 0 Å². The van der Waals surface area contributed by atoms with Crippen molar-refractivity contribution in [3.8, 4) is 0 Å². The molecule has 0 saturated carbocycles. The van der Waals surface area contributed by atoms with E-state index in [2.05, 4.69) is 6.58 Å². The van der Waals surface area contributed by atoms with Crippen LogP contribution < -0.4 is 0 Å². The molecule has 0 aliphatic carbocycles. The van der Waals surface area contributed by atoms with E-state index in [9.17, 15) is 4.79 Å². The molecule has 50 valence electrons. The van der Waals surface area contributed by atoms with E-state index in [1.807, 2.05) is 13.8 Å². The fourth-order valence-electron chi connectivity index (χ4n) is 0.415. The van der Waals surface area contributed by atoms with Gasteiger partial charge in [0.05, 0.1) is 0 Å². The van der Waals surface area contributed by atoms with Gasteiger partial charge in [0.1, 0.15) is 0 Å². The Morgan fingerprint density at radius 3 is 2.56 bits per heavy atom. The van der Waals surface area contributed by atoms with Gasteiger partial charge >= 0.3 is 0 Å². The summed E-state index contributed by atoms with van der Waals surface area (Å²) in [5, 5.41) is 0. The number of hydrogen-bond donors (Lipinski definition) is 0. The van der Waals surface area contributed by atoms with Crippen molar-refractivity contribution in [2.24, 2.45) is 0 Å². The van der Waals surface area contributed by atoms with Crippen LogP contribution in [0.25, 0.3) is 0 Å². The molecule has 0 aromatic carbocycles. The molecule has 1 heteroatoms. The van der Waals surface area contributed by atoms with E-state index >= 15 is 0 Å². The maximum Gasteiger partial charge on any atom is 0.155 e. The third-order valence-electron chi connectivity index (χ3n) is 1.06. The molecule has 0 fully saturated rings. The van der Waals surface area contributed by atoms with Crippen LogP contribution in [-0.4, -0.2) is 5.78 Å². The molecular weight excluding hydrogens is 112 g/mol. The molecule has 9 heavy (non-hydrogen) atoms. The standard InChI is InChI=1S/C8H12O/c1-4-7(3)6-8(9)5-2/h4,6H,1,5H2,2-3H3. The van der Waals surface area contributed by atoms with Gasteiger partial charge in [-0.15, -0.1) is 0 Å². The first kappa shape index (κ1) is 8.15. The molecule has 0 spiro atoms. The summed E-state index contributed by atoms with van der Waals surface area (Å²) in [6.45, 7) is 7.23. The topological polar surface area (TPSA) is 17.1 Å². The Hall–Kier alpha value is -0.850. The minimum atomic E-state index is 0.160. The normalized spacial score (nSPS) is 11.1. The van der Waals surface area contributed by atoms with Crippen LogP contribution >= 0.6 is 0 Å². The molecule has 0 heterocycles. The summed E-state index contributed by atoms with van der Waals surface area (Å²) in [5.74, 6) is 0.160. The Morgan fingerprint density at radius 1 is 1.67 bits per heavy atom. The predicted octanol–water partition coefficient (Wildman–Crippen LogP) is 2.10. The van der Waals surface area contributed by atoms with Gasteiger partial charge in [0, 0.05) is 6.42 Å². The van der Waals surface area contributed by atoms with Crippen molar-refractivity contribution < 1.29 is 4.79 Å². The highest BCUT2D eigenvalue weighted by atomic mass is 16.1. The molecular formula is C8H12O. The van der Waals surface area contributed by atoms with Crippen LogP contribution in [-0.2, 0) is 4.79 Å². The first-order valence-corrected chi connectivity index (χ1v) is 3.04. The minimum Gasteiger partial charge on any atom is -0.295 e. The molecule has 0 aromatic rings. The highest BCUT2D eigenvalue weighted by Gasteiger charge is 1.89. The number of rotatable bonds is 3. The molecule has 0 saturated heterocycles. The van der Waals surface area contributed by atoms with E-state index in [-0.39, 0.29) is 5.78 Å². The zero-order valence-electron chi connectivity index (χ0n) is 5.98. The van der Waals surface area contributed by atoms with Gasteiger partial charge in [0.15, 0.2) is 5.78 Å². The largest absolute Gasteiger partial charge is 0.295 e. The van der Waals surface area contributed by atoms with E-state index in [0.29, 0.717) is 6.42 Å². The Kier molecular flexibility index (Phi) is 3.69. The highest BCUT2D eigenvalue weighted by Crippen LogP contribution is 1.94. The Morgan fingerprint density at radius 2 is 2.22 bits per heavy atom. The SMILES string of the molecule is C=CC(C)=CC(=O)CC. The second kappa shape index (κ2) is 4.07. The fourth-order valence-corrected chi connectivity index (χ4v) is 0.415. The number of ketones is 1. The lowest BCUT2D eigenvalue weighted by Gasteiger charge is -1.87. The van der Waals surface area contributed by atoms with Crippen LogP contribution in [0.4, 0.5) is 0 Å². The highest BCUT2D eigenvalue weighted by molar-refractivity contribution is 5.90. The Balaban J connectivity index is 3.94. The lowest BCUT2D eigenvalue weighted by atomic mass is 10.2. The monoisotopic (exact) mass is 124 g/mol. The minimum absolute atomic E-state index is 0.160. The van der Waals surface area contributed by atoms with Crippen molar-refractivity contribution in [2.45, 2.75) is 20.3 Å². The molecule has 0 N–H and O–H groups in total. The average molecular weight is 124 g/mol. The third-order valence-corrected chi connectivity index (χ3v) is 1.06. The van der Waals surface area contributed by atoms with Gasteiger partial charge in [-0.05, 0) is 18.6 Å². The number of carbonyl (C=O) groups excluding carboxylic acids is 1. The van der Waals surface area contributed by atoms with Gasteiger partial charge in [-0.25, -0.2) is 0 Å². The summed E-state index contributed by atoms with van der Waals surface area (Å²) in [5.41, 5.74) is 0.932. The maximum absolute atomic E-state index is 10.7. The summed E-state index contributed by atoms with van der Waals surface area (Å²) in [6, 6.07) is 0. The first-order chi connectivity index (χ1) is 4.20. The zero-order chi connectivity index (χ0) is 7.28. The molecule has 0 aliphatic rings. The maximum atomic E-state index is 10.7. The third kappa shape index (κ3) is 3.71. The Labute approximate surface area is 56.1 Å². The second-order valence-corrected chi connectivity index (χ2v) is 1.91. The average Bonchev–Trinajstić information content (AvgIpc) is 1.87. The van der Waals surface area contributed by atoms with E-state index in [1.165, 1.54) is 0 Å². The van der Waals surface area contributed by atoms with Crippen molar-refractivity contribution in [1.82, 2.24) is 0 Å². The summed E-state index contributed by atoms with van der Waals surface area (Å²) in [4.78, 5) is 10.7. The summed E-state index contributed by atoms with van der Waals surface area (Å²) in [6.07, 6.45) is 3.85. The lowest BCUT2D eigenvalue weighted by Crippen LogP contribution is -1.88. The second-order valence-electron chi connectivity index (χ2n) is 1.91. The van der Waals surface area contributed by atoms with Gasteiger partial charge in [-0.3, -0.25) is 4.79 Å². The smallest absolute Gasteiger partial charge is 0.155 e. The molecule has 0 bridgehead atoms. The van der Waals surface area contributed by atoms with Gasteiger partial charge < -0.3 is 0 Å². The van der Waals surface area contributed by atoms with Gasteiger partial charge in [0.2, 0.25) is 0 Å². The molecule has 1 nitrogen and oxygen atoms in total. The van der Waals surface area contributed by atoms with Crippen LogP contribution in [0.5, 0.6) is 0 Å². The predicted molar refractivity (Wildman–Crippen MR) is 39.3 cm³/mol. The number of hydrogen-bond acceptors (Lipinski definition) is 1. The number of carbonyl (C=O) groups is 1. The molecule has 0 amide bonds. The van der Waals surface area contributed by atoms with Crippen molar-refractivity contribution in [1.29, 1.82) is 0 Å². The molecule has 0 rings (SSSR count). The molecule has 0 aromatic heterocycles. The van der Waals surface area contributed by atoms with E-state index in [1.54, 1.807) is 12.2 Å². The lowest BCUT2D eigenvalue weighted by molar-refractivity contribution is -0.114. The summed E-state index contributed by atoms with van der Waals surface area (Å²) >= 11 is 0. The molecule has 0 unspecified atom stereocenters. The molecule has 0 atom stereocenters. The van der Waals surface area contributed by atoms with E-state index in [4.69, 9.17) is 0 Å². The van der Waals surface area contributed by atoms with Crippen molar-refractivity contribution in [3.05, 3.63) is 24.3 Å². The summed E-state index contributed by atoms with van der Waals surface area (Å²) in [7, 11) is 0. The number of allylic oxidation sites excluding steroid dienone is 3. The first-order valence-electron chi connectivity index (χ1n) is 3.04. The van der Waals surface area contributed by atoms with Gasteiger partial charge in [0.25, 0.3) is 0 Å². The fraction of sp³-hybridized carbons (Fsp3) is 0.375.